The van der Waals surface area contributed by atoms with Gasteiger partial charge in [-0.1, -0.05) is 27.7 Å². The van der Waals surface area contributed by atoms with Gasteiger partial charge in [0.25, 0.3) is 10.0 Å². The number of hydrogen-bond donors (Lipinski definition) is 1. The van der Waals surface area contributed by atoms with Gasteiger partial charge < -0.3 is 5.11 Å². The number of benzene rings is 2. The lowest BCUT2D eigenvalue weighted by Crippen LogP contribution is -2.28. The van der Waals surface area contributed by atoms with Crippen LogP contribution in [0.5, 0.6) is 0 Å². The maximum Gasteiger partial charge on any atom is 0.259 e. The first-order valence-electron chi connectivity index (χ1n) is 14.5. The molecule has 2 aromatic heterocycles. The van der Waals surface area contributed by atoms with Crippen LogP contribution in [0.3, 0.4) is 0 Å². The van der Waals surface area contributed by atoms with E-state index >= 15 is 0 Å². The third kappa shape index (κ3) is 7.80. The summed E-state index contributed by atoms with van der Waals surface area (Å²) in [5.41, 5.74) is 2.74. The van der Waals surface area contributed by atoms with E-state index in [0.717, 1.165) is 20.3 Å². The van der Waals surface area contributed by atoms with E-state index in [4.69, 9.17) is 0 Å². The van der Waals surface area contributed by atoms with E-state index in [9.17, 15) is 30.7 Å². The first-order valence-corrected chi connectivity index (χ1v) is 17.9. The van der Waals surface area contributed by atoms with Crippen LogP contribution in [0.15, 0.2) is 53.9 Å². The van der Waals surface area contributed by atoms with Gasteiger partial charge in [-0.05, 0) is 66.4 Å². The largest absolute Gasteiger partial charge is 0.392 e. The van der Waals surface area contributed by atoms with Crippen molar-refractivity contribution in [2.24, 2.45) is 0 Å². The van der Waals surface area contributed by atoms with Crippen LogP contribution >= 0.6 is 0 Å². The third-order valence-corrected chi connectivity index (χ3v) is 9.89. The second kappa shape index (κ2) is 13.8. The van der Waals surface area contributed by atoms with Crippen molar-refractivity contribution in [3.8, 4) is 22.5 Å². The molecule has 250 valence electrons. The van der Waals surface area contributed by atoms with Gasteiger partial charge in [0.15, 0.2) is 0 Å². The smallest absolute Gasteiger partial charge is 0.259 e. The molecule has 2 aromatic carbocycles. The first kappa shape index (κ1) is 35.5. The Kier molecular flexibility index (Phi) is 10.4. The molecule has 0 saturated carbocycles. The SMILES string of the molecule is CC(C)c1nc(N(C)S(C)(=O)=O)nc(-c2ccc(F)cc2)c1/C=C/S(=O)(=O)N(C)c1nc(-c2ccc(F)cc2)c(CO)c(C(C)C)n1. The van der Waals surface area contributed by atoms with E-state index < -0.39 is 38.3 Å². The minimum atomic E-state index is -4.29. The van der Waals surface area contributed by atoms with Crippen molar-refractivity contribution in [3.05, 3.63) is 88.1 Å². The molecule has 4 rings (SSSR count). The Balaban J connectivity index is 1.89. The Morgan fingerprint density at radius 3 is 1.64 bits per heavy atom. The van der Waals surface area contributed by atoms with Gasteiger partial charge >= 0.3 is 0 Å². The van der Waals surface area contributed by atoms with E-state index in [0.29, 0.717) is 28.1 Å². The average Bonchev–Trinajstić information content (AvgIpc) is 3.02. The molecular weight excluding hydrogens is 651 g/mol. The fourth-order valence-corrected chi connectivity index (χ4v) is 5.84. The van der Waals surface area contributed by atoms with Crippen LogP contribution in [-0.2, 0) is 26.7 Å². The van der Waals surface area contributed by atoms with Crippen LogP contribution in [0.4, 0.5) is 20.7 Å². The molecule has 0 fully saturated rings. The van der Waals surface area contributed by atoms with E-state index in [1.807, 2.05) is 13.8 Å². The standard InChI is InChI=1S/C32H36F2N6O5S2/c1-19(2)27-25(29(21-8-12-23(33)13-9-21)37-31(35-27)39(5)46(7,42)43)16-17-47(44,45)40(6)32-36-28(20(3)4)26(18-41)30(38-32)22-10-14-24(34)15-11-22/h8-17,19-20,41H,18H2,1-7H3/b17-16+. The summed E-state index contributed by atoms with van der Waals surface area (Å²) < 4.78 is 81.6. The highest BCUT2D eigenvalue weighted by atomic mass is 32.2. The number of sulfonamides is 2. The summed E-state index contributed by atoms with van der Waals surface area (Å²) in [6.07, 6.45) is 2.30. The van der Waals surface area contributed by atoms with Gasteiger partial charge in [-0.15, -0.1) is 0 Å². The lowest BCUT2D eigenvalue weighted by molar-refractivity contribution is 0.279. The molecule has 0 aliphatic heterocycles. The molecule has 15 heteroatoms. The van der Waals surface area contributed by atoms with Crippen molar-refractivity contribution in [1.82, 2.24) is 19.9 Å². The number of aliphatic hydroxyl groups excluding tert-OH is 1. The van der Waals surface area contributed by atoms with Crippen molar-refractivity contribution >= 4 is 38.0 Å². The summed E-state index contributed by atoms with van der Waals surface area (Å²) >= 11 is 0. The summed E-state index contributed by atoms with van der Waals surface area (Å²) in [7, 11) is -5.48. The number of aliphatic hydroxyl groups is 1. The molecular formula is C32H36F2N6O5S2. The second-order valence-electron chi connectivity index (χ2n) is 11.4. The molecule has 11 nitrogen and oxygen atoms in total. The molecule has 0 spiro atoms. The average molecular weight is 687 g/mol. The van der Waals surface area contributed by atoms with Gasteiger partial charge in [-0.3, -0.25) is 0 Å². The van der Waals surface area contributed by atoms with Gasteiger partial charge in [-0.2, -0.15) is 0 Å². The zero-order chi connectivity index (χ0) is 34.8. The van der Waals surface area contributed by atoms with Crippen molar-refractivity contribution in [2.45, 2.75) is 46.1 Å². The molecule has 1 N–H and O–H groups in total. The van der Waals surface area contributed by atoms with Gasteiger partial charge in [0.1, 0.15) is 11.6 Å². The molecule has 4 aromatic rings. The highest BCUT2D eigenvalue weighted by molar-refractivity contribution is 7.95. The van der Waals surface area contributed by atoms with Gasteiger partial charge in [0, 0.05) is 36.3 Å². The fraction of sp³-hybridized carbons (Fsp3) is 0.312. The van der Waals surface area contributed by atoms with Crippen molar-refractivity contribution in [1.29, 1.82) is 0 Å². The molecule has 0 atom stereocenters. The lowest BCUT2D eigenvalue weighted by Gasteiger charge is -2.22. The Bertz CT molecular complexity index is 2020. The first-order chi connectivity index (χ1) is 21.9. The molecule has 0 unspecified atom stereocenters. The summed E-state index contributed by atoms with van der Waals surface area (Å²) in [5, 5.41) is 11.1. The lowest BCUT2D eigenvalue weighted by atomic mass is 9.98. The van der Waals surface area contributed by atoms with Crippen LogP contribution in [0, 0.1) is 11.6 Å². The molecule has 0 aliphatic carbocycles. The maximum atomic E-state index is 13.8. The van der Waals surface area contributed by atoms with Crippen LogP contribution in [0.25, 0.3) is 28.6 Å². The molecule has 0 radical (unpaired) electrons. The van der Waals surface area contributed by atoms with Gasteiger partial charge in [0.2, 0.25) is 21.9 Å². The number of aromatic nitrogens is 4. The minimum Gasteiger partial charge on any atom is -0.392 e. The molecule has 2 heterocycles. The monoisotopic (exact) mass is 686 g/mol. The van der Waals surface area contributed by atoms with Crippen LogP contribution < -0.4 is 8.61 Å². The second-order valence-corrected chi connectivity index (χ2v) is 15.3. The Morgan fingerprint density at radius 1 is 0.723 bits per heavy atom. The van der Waals surface area contributed by atoms with Crippen LogP contribution in [0.1, 0.15) is 62.0 Å². The summed E-state index contributed by atoms with van der Waals surface area (Å²) in [4.78, 5) is 17.9. The minimum absolute atomic E-state index is 0.139. The molecule has 0 amide bonds. The predicted molar refractivity (Wildman–Crippen MR) is 179 cm³/mol. The quantitative estimate of drug-likeness (QED) is 0.218. The Labute approximate surface area is 273 Å². The van der Waals surface area contributed by atoms with Crippen molar-refractivity contribution < 1.29 is 30.7 Å². The van der Waals surface area contributed by atoms with E-state index in [1.165, 1.54) is 68.7 Å². The van der Waals surface area contributed by atoms with Crippen LogP contribution in [-0.4, -0.2) is 62.2 Å². The fourth-order valence-electron chi connectivity index (χ4n) is 4.66. The third-order valence-electron chi connectivity index (χ3n) is 7.33. The zero-order valence-electron chi connectivity index (χ0n) is 27.0. The summed E-state index contributed by atoms with van der Waals surface area (Å²) in [6, 6.07) is 10.8. The van der Waals surface area contributed by atoms with E-state index in [2.05, 4.69) is 19.9 Å². The molecule has 0 saturated heterocycles. The van der Waals surface area contributed by atoms with Gasteiger partial charge in [-0.25, -0.2) is 54.2 Å². The molecule has 0 aliphatic rings. The van der Waals surface area contributed by atoms with E-state index in [1.54, 1.807) is 13.8 Å². The normalized spacial score (nSPS) is 12.3. The Morgan fingerprint density at radius 2 is 1.17 bits per heavy atom. The highest BCUT2D eigenvalue weighted by Gasteiger charge is 2.26. The number of rotatable bonds is 11. The maximum absolute atomic E-state index is 13.8. The van der Waals surface area contributed by atoms with Crippen LogP contribution in [0.2, 0.25) is 0 Å². The van der Waals surface area contributed by atoms with Crippen molar-refractivity contribution in [2.75, 3.05) is 29.0 Å². The molecule has 0 bridgehead atoms. The summed E-state index contributed by atoms with van der Waals surface area (Å²) in [5.74, 6) is -1.83. The number of hydrogen-bond acceptors (Lipinski definition) is 9. The van der Waals surface area contributed by atoms with Crippen molar-refractivity contribution in [3.63, 3.8) is 0 Å². The number of anilines is 2. The highest BCUT2D eigenvalue weighted by Crippen LogP contribution is 2.33. The predicted octanol–water partition coefficient (Wildman–Crippen LogP) is 5.45. The van der Waals surface area contributed by atoms with Gasteiger partial charge in [0.05, 0.1) is 41.0 Å². The number of halogens is 2. The zero-order valence-corrected chi connectivity index (χ0v) is 28.6. The topological polar surface area (TPSA) is 147 Å². The molecule has 47 heavy (non-hydrogen) atoms. The van der Waals surface area contributed by atoms with E-state index in [-0.39, 0.29) is 40.7 Å². The summed E-state index contributed by atoms with van der Waals surface area (Å²) in [6.45, 7) is 6.86. The number of nitrogens with zero attached hydrogens (tertiary/aromatic N) is 6. The Hall–Kier alpha value is -4.34.